The zero-order chi connectivity index (χ0) is 21.5. The molecule has 0 unspecified atom stereocenters. The van der Waals surface area contributed by atoms with E-state index in [0.717, 1.165) is 25.9 Å². The maximum absolute atomic E-state index is 13.3. The number of hydrogen-bond donors (Lipinski definition) is 2. The zero-order valence-electron chi connectivity index (χ0n) is 17.5. The van der Waals surface area contributed by atoms with E-state index in [1.807, 2.05) is 4.90 Å². The van der Waals surface area contributed by atoms with Crippen LogP contribution in [-0.4, -0.2) is 64.2 Å². The third-order valence-corrected chi connectivity index (χ3v) is 5.41. The van der Waals surface area contributed by atoms with Crippen molar-refractivity contribution in [3.63, 3.8) is 0 Å². The molecule has 1 aromatic heterocycles. The van der Waals surface area contributed by atoms with Crippen LogP contribution in [0.5, 0.6) is 0 Å². The number of hydrogen-bond acceptors (Lipinski definition) is 4. The first-order valence-corrected chi connectivity index (χ1v) is 10.4. The minimum absolute atomic E-state index is 0.0990. The molecule has 3 rings (SSSR count). The molecule has 9 heteroatoms. The fourth-order valence-corrected chi connectivity index (χ4v) is 3.65. The zero-order valence-corrected chi connectivity index (χ0v) is 17.5. The summed E-state index contributed by atoms with van der Waals surface area (Å²) in [4.78, 5) is 28.8. The molecule has 1 saturated heterocycles. The summed E-state index contributed by atoms with van der Waals surface area (Å²) < 4.78 is 15.1. The van der Waals surface area contributed by atoms with Crippen LogP contribution >= 0.6 is 0 Å². The van der Waals surface area contributed by atoms with Crippen molar-refractivity contribution in [2.75, 3.05) is 43.4 Å². The summed E-state index contributed by atoms with van der Waals surface area (Å²) in [6, 6.07) is 7.08. The number of nitrogens with zero attached hydrogens (tertiary/aromatic N) is 4. The van der Waals surface area contributed by atoms with E-state index in [9.17, 15) is 14.0 Å². The monoisotopic (exact) mass is 416 g/mol. The van der Waals surface area contributed by atoms with Gasteiger partial charge in [-0.15, -0.1) is 0 Å². The van der Waals surface area contributed by atoms with Crippen molar-refractivity contribution in [3.8, 4) is 0 Å². The predicted molar refractivity (Wildman–Crippen MR) is 114 cm³/mol. The summed E-state index contributed by atoms with van der Waals surface area (Å²) in [6.45, 7) is 7.61. The van der Waals surface area contributed by atoms with Crippen LogP contribution in [0.4, 0.5) is 20.7 Å². The van der Waals surface area contributed by atoms with Crippen LogP contribution in [-0.2, 0) is 4.79 Å². The van der Waals surface area contributed by atoms with Crippen LogP contribution in [0.15, 0.2) is 36.5 Å². The standard InChI is InChI=1S/C21H29FN6O2/c1-3-26(4-2)15-20(29)27-12-9-18(10-13-27)28-19(8-11-23-28)25-21(30)24-17-7-5-6-16(22)14-17/h5-8,11,14,18H,3-4,9-10,12-13,15H2,1-2H3,(H2,24,25,30). The van der Waals surface area contributed by atoms with E-state index in [4.69, 9.17) is 0 Å². The number of piperidine rings is 1. The quantitative estimate of drug-likeness (QED) is 0.726. The van der Waals surface area contributed by atoms with Crippen LogP contribution in [0, 0.1) is 5.82 Å². The van der Waals surface area contributed by atoms with Crippen molar-refractivity contribution >= 4 is 23.4 Å². The van der Waals surface area contributed by atoms with E-state index < -0.39 is 11.8 Å². The first kappa shape index (κ1) is 21.8. The molecule has 2 N–H and O–H groups in total. The Hall–Kier alpha value is -2.94. The summed E-state index contributed by atoms with van der Waals surface area (Å²) in [5.74, 6) is 0.308. The SMILES string of the molecule is CCN(CC)CC(=O)N1CCC(n2nccc2NC(=O)Nc2cccc(F)c2)CC1. The molecule has 1 aromatic carbocycles. The molecule has 0 atom stereocenters. The molecule has 0 saturated carbocycles. The maximum Gasteiger partial charge on any atom is 0.324 e. The van der Waals surface area contributed by atoms with Crippen LogP contribution in [0.1, 0.15) is 32.7 Å². The number of likely N-dealkylation sites (tertiary alicyclic amines) is 1. The Morgan fingerprint density at radius 1 is 1.17 bits per heavy atom. The molecule has 1 aliphatic heterocycles. The lowest BCUT2D eigenvalue weighted by Crippen LogP contribution is -2.44. The van der Waals surface area contributed by atoms with Crippen LogP contribution in [0.3, 0.4) is 0 Å². The fraction of sp³-hybridized carbons (Fsp3) is 0.476. The molecular formula is C21H29FN6O2. The first-order valence-electron chi connectivity index (χ1n) is 10.4. The Balaban J connectivity index is 1.54. The van der Waals surface area contributed by atoms with Gasteiger partial charge in [0.1, 0.15) is 11.6 Å². The minimum atomic E-state index is -0.464. The number of amides is 3. The Morgan fingerprint density at radius 3 is 2.57 bits per heavy atom. The van der Waals surface area contributed by atoms with Gasteiger partial charge < -0.3 is 10.2 Å². The van der Waals surface area contributed by atoms with Crippen LogP contribution in [0.2, 0.25) is 0 Å². The van der Waals surface area contributed by atoms with E-state index >= 15 is 0 Å². The second-order valence-electron chi connectivity index (χ2n) is 7.32. The van der Waals surface area contributed by atoms with Gasteiger partial charge in [0.05, 0.1) is 18.8 Å². The van der Waals surface area contributed by atoms with Gasteiger partial charge in [0.25, 0.3) is 0 Å². The van der Waals surface area contributed by atoms with E-state index in [1.54, 1.807) is 23.0 Å². The van der Waals surface area contributed by atoms with Gasteiger partial charge in [-0.05, 0) is 44.1 Å². The highest BCUT2D eigenvalue weighted by atomic mass is 19.1. The fourth-order valence-electron chi connectivity index (χ4n) is 3.65. The van der Waals surface area contributed by atoms with E-state index in [1.165, 1.54) is 18.2 Å². The number of nitrogens with one attached hydrogen (secondary N) is 2. The molecule has 2 aromatic rings. The van der Waals surface area contributed by atoms with Gasteiger partial charge in [0.15, 0.2) is 0 Å². The number of aromatic nitrogens is 2. The number of urea groups is 1. The van der Waals surface area contributed by atoms with Crippen molar-refractivity contribution in [3.05, 3.63) is 42.3 Å². The molecule has 162 valence electrons. The van der Waals surface area contributed by atoms with Gasteiger partial charge in [-0.3, -0.25) is 15.0 Å². The van der Waals surface area contributed by atoms with Gasteiger partial charge in [0.2, 0.25) is 5.91 Å². The summed E-state index contributed by atoms with van der Waals surface area (Å²) in [7, 11) is 0. The molecule has 30 heavy (non-hydrogen) atoms. The molecule has 1 aliphatic rings. The number of carbonyl (C=O) groups excluding carboxylic acids is 2. The Bertz CT molecular complexity index is 859. The largest absolute Gasteiger partial charge is 0.341 e. The van der Waals surface area contributed by atoms with Gasteiger partial charge in [-0.25, -0.2) is 13.9 Å². The number of rotatable bonds is 7. The number of halogens is 1. The summed E-state index contributed by atoms with van der Waals surface area (Å²) in [5, 5.41) is 9.75. The van der Waals surface area contributed by atoms with Gasteiger partial charge in [-0.1, -0.05) is 19.9 Å². The average Bonchev–Trinajstić information content (AvgIpc) is 3.19. The smallest absolute Gasteiger partial charge is 0.324 e. The summed E-state index contributed by atoms with van der Waals surface area (Å²) >= 11 is 0. The van der Waals surface area contributed by atoms with Gasteiger partial charge >= 0.3 is 6.03 Å². The topological polar surface area (TPSA) is 82.5 Å². The van der Waals surface area contributed by atoms with Gasteiger partial charge in [-0.2, -0.15) is 5.10 Å². The van der Waals surface area contributed by atoms with Crippen molar-refractivity contribution in [1.29, 1.82) is 0 Å². The van der Waals surface area contributed by atoms with E-state index in [2.05, 4.69) is 34.5 Å². The highest BCUT2D eigenvalue weighted by Crippen LogP contribution is 2.25. The molecule has 0 bridgehead atoms. The third-order valence-electron chi connectivity index (χ3n) is 5.41. The van der Waals surface area contributed by atoms with Crippen LogP contribution < -0.4 is 10.6 Å². The molecule has 0 radical (unpaired) electrons. The van der Waals surface area contributed by atoms with Crippen molar-refractivity contribution in [1.82, 2.24) is 19.6 Å². The Kier molecular flexibility index (Phi) is 7.40. The minimum Gasteiger partial charge on any atom is -0.341 e. The second-order valence-corrected chi connectivity index (χ2v) is 7.32. The molecule has 0 aliphatic carbocycles. The van der Waals surface area contributed by atoms with E-state index in [-0.39, 0.29) is 11.9 Å². The lowest BCUT2D eigenvalue weighted by atomic mass is 10.1. The average molecular weight is 417 g/mol. The highest BCUT2D eigenvalue weighted by molar-refractivity contribution is 5.99. The van der Waals surface area contributed by atoms with Crippen molar-refractivity contribution in [2.45, 2.75) is 32.7 Å². The Labute approximate surface area is 176 Å². The highest BCUT2D eigenvalue weighted by Gasteiger charge is 2.26. The maximum atomic E-state index is 13.3. The van der Waals surface area contributed by atoms with E-state index in [0.29, 0.717) is 31.1 Å². The van der Waals surface area contributed by atoms with Crippen LogP contribution in [0.25, 0.3) is 0 Å². The Morgan fingerprint density at radius 2 is 1.90 bits per heavy atom. The predicted octanol–water partition coefficient (Wildman–Crippen LogP) is 3.17. The summed E-state index contributed by atoms with van der Waals surface area (Å²) in [6.07, 6.45) is 3.17. The number of benzene rings is 1. The molecule has 2 heterocycles. The number of likely N-dealkylation sites (N-methyl/N-ethyl adjacent to an activating group) is 1. The summed E-state index contributed by atoms with van der Waals surface area (Å²) in [5.41, 5.74) is 0.374. The molecule has 1 fully saturated rings. The lowest BCUT2D eigenvalue weighted by molar-refractivity contribution is -0.133. The molecule has 0 spiro atoms. The molecule has 3 amide bonds. The number of carbonyl (C=O) groups is 2. The second kappa shape index (κ2) is 10.2. The normalized spacial score (nSPS) is 14.7. The van der Waals surface area contributed by atoms with Crippen molar-refractivity contribution in [2.24, 2.45) is 0 Å². The van der Waals surface area contributed by atoms with Gasteiger partial charge in [0, 0.05) is 24.8 Å². The third kappa shape index (κ3) is 5.56. The van der Waals surface area contributed by atoms with Crippen molar-refractivity contribution < 1.29 is 14.0 Å². The first-order chi connectivity index (χ1) is 14.5. The number of anilines is 2. The molecule has 8 nitrogen and oxygen atoms in total. The molecular weight excluding hydrogens is 387 g/mol. The lowest BCUT2D eigenvalue weighted by Gasteiger charge is -2.34.